The molecule has 3 aromatic carbocycles. The minimum Gasteiger partial charge on any atom is -0.486 e. The van der Waals surface area contributed by atoms with Gasteiger partial charge < -0.3 is 14.4 Å². The number of aromatic nitrogens is 3. The van der Waals surface area contributed by atoms with Crippen molar-refractivity contribution in [2.45, 2.75) is 85.5 Å². The van der Waals surface area contributed by atoms with Crippen LogP contribution in [0.4, 0.5) is 0 Å². The van der Waals surface area contributed by atoms with Crippen molar-refractivity contribution in [2.24, 2.45) is 0 Å². The summed E-state index contributed by atoms with van der Waals surface area (Å²) in [5, 5.41) is 2.06. The average Bonchev–Trinajstić information content (AvgIpc) is 3.53. The number of rotatable bonds is 8. The molecule has 5 heteroatoms. The van der Waals surface area contributed by atoms with Gasteiger partial charge >= 0.3 is 0 Å². The Morgan fingerprint density at radius 3 is 2.06 bits per heavy atom. The first-order valence-electron chi connectivity index (χ1n) is 17.9. The normalized spacial score (nSPS) is 11.5. The van der Waals surface area contributed by atoms with Gasteiger partial charge in [0.2, 0.25) is 5.71 Å². The van der Waals surface area contributed by atoms with Crippen LogP contribution in [0.1, 0.15) is 95.4 Å². The van der Waals surface area contributed by atoms with Gasteiger partial charge in [0.15, 0.2) is 0 Å². The molecule has 1 radical (unpaired) electrons. The molecule has 0 unspecified atom stereocenters. The molecule has 0 amide bonds. The first-order chi connectivity index (χ1) is 24.1. The van der Waals surface area contributed by atoms with Crippen LogP contribution in [-0.2, 0) is 25.5 Å². The Balaban J connectivity index is 0.000000327. The molecule has 0 fully saturated rings. The van der Waals surface area contributed by atoms with Gasteiger partial charge in [-0.2, -0.15) is 0 Å². The summed E-state index contributed by atoms with van der Waals surface area (Å²) in [6, 6.07) is 37.4. The van der Waals surface area contributed by atoms with E-state index in [4.69, 9.17) is 14.4 Å². The largest absolute Gasteiger partial charge is 0.486 e. The molecule has 0 aliphatic rings. The van der Waals surface area contributed by atoms with Gasteiger partial charge in [-0.1, -0.05) is 101 Å². The molecule has 7 aromatic rings. The number of hydrogen-bond acceptors (Lipinski definition) is 4. The van der Waals surface area contributed by atoms with Crippen LogP contribution < -0.4 is 0 Å². The van der Waals surface area contributed by atoms with Crippen molar-refractivity contribution in [1.29, 1.82) is 0 Å². The zero-order valence-corrected chi connectivity index (χ0v) is 33.4. The van der Waals surface area contributed by atoms with Crippen LogP contribution in [0.25, 0.3) is 55.8 Å². The van der Waals surface area contributed by atoms with E-state index in [-0.39, 0.29) is 25.5 Å². The summed E-state index contributed by atoms with van der Waals surface area (Å²) in [6.07, 6.45) is 6.02. The minimum absolute atomic E-state index is 0. The third-order valence-electron chi connectivity index (χ3n) is 10.2. The van der Waals surface area contributed by atoms with Gasteiger partial charge in [-0.15, -0.1) is 54.1 Å². The van der Waals surface area contributed by atoms with E-state index >= 15 is 0 Å². The third kappa shape index (κ3) is 7.76. The first kappa shape index (κ1) is 37.8. The van der Waals surface area contributed by atoms with Gasteiger partial charge in [-0.3, -0.25) is 0 Å². The van der Waals surface area contributed by atoms with E-state index in [1.807, 2.05) is 48.5 Å². The topological polar surface area (TPSA) is 51.8 Å². The summed E-state index contributed by atoms with van der Waals surface area (Å²) in [5.41, 5.74) is 12.8. The Hall–Kier alpha value is -4.44. The second-order valence-corrected chi connectivity index (χ2v) is 14.0. The molecule has 0 spiro atoms. The number of furan rings is 1. The second kappa shape index (κ2) is 16.3. The zero-order chi connectivity index (χ0) is 35.4. The Bertz CT molecular complexity index is 2150. The first-order valence-corrected chi connectivity index (χ1v) is 17.9. The van der Waals surface area contributed by atoms with Gasteiger partial charge in [0.1, 0.15) is 0 Å². The van der Waals surface area contributed by atoms with Crippen molar-refractivity contribution in [3.8, 4) is 33.8 Å². The summed E-state index contributed by atoms with van der Waals surface area (Å²) in [6.45, 7) is 18.0. The van der Waals surface area contributed by atoms with E-state index in [0.717, 1.165) is 57.4 Å². The molecular weight excluding hydrogens is 803 g/mol. The van der Waals surface area contributed by atoms with Gasteiger partial charge in [-0.25, -0.2) is 4.98 Å². The van der Waals surface area contributed by atoms with Crippen LogP contribution in [-0.4, -0.2) is 15.0 Å². The summed E-state index contributed by atoms with van der Waals surface area (Å²) in [7, 11) is 0. The summed E-state index contributed by atoms with van der Waals surface area (Å²) < 4.78 is 6.50. The van der Waals surface area contributed by atoms with Crippen LogP contribution in [0.2, 0.25) is 0 Å². The summed E-state index contributed by atoms with van der Waals surface area (Å²) in [4.78, 5) is 14.2. The van der Waals surface area contributed by atoms with Crippen molar-refractivity contribution in [3.05, 3.63) is 138 Å². The molecule has 0 N–H and O–H groups in total. The summed E-state index contributed by atoms with van der Waals surface area (Å²) >= 11 is 0. The molecule has 7 rings (SSSR count). The Morgan fingerprint density at radius 2 is 1.45 bits per heavy atom. The number of fused-ring (bicyclic) bond motifs is 3. The predicted octanol–water partition coefficient (Wildman–Crippen LogP) is 12.7. The zero-order valence-electron chi connectivity index (χ0n) is 31.0. The number of nitrogens with zero attached hydrogens (tertiary/aromatic N) is 3. The average molecular weight is 850 g/mol. The molecule has 0 saturated heterocycles. The summed E-state index contributed by atoms with van der Waals surface area (Å²) in [5.74, 6) is 0.801. The molecule has 0 aliphatic carbocycles. The molecule has 4 aromatic heterocycles. The minimum atomic E-state index is 0. The fourth-order valence-corrected chi connectivity index (χ4v) is 6.83. The molecule has 4 nitrogen and oxygen atoms in total. The van der Waals surface area contributed by atoms with Crippen molar-refractivity contribution in [2.75, 3.05) is 0 Å². The van der Waals surface area contributed by atoms with Crippen molar-refractivity contribution in [3.63, 3.8) is 0 Å². The van der Waals surface area contributed by atoms with Crippen LogP contribution >= 0.6 is 0 Å². The Morgan fingerprint density at radius 1 is 0.725 bits per heavy atom. The standard InChI is InChI=1S/C35H39N2O.C11H8N.Ir/c1-9-35(8,10-2)29-20-36-31(19-23(29)7)28-16-12-15-26-27-17-18-30(37-34(27)38-33(26)28)32-24(21(3)4)13-11-14-25(32)22(5)6;1-2-6-10(7-3-1)11-8-4-5-9-12-11;/h11-15,17-22H,9-10H2,1-8H3;1-6,8-9H;/q2*-1;. The van der Waals surface area contributed by atoms with Crippen LogP contribution in [0.5, 0.6) is 0 Å². The maximum Gasteiger partial charge on any atom is 0.216 e. The second-order valence-electron chi connectivity index (χ2n) is 14.0. The molecule has 51 heavy (non-hydrogen) atoms. The van der Waals surface area contributed by atoms with Crippen LogP contribution in [0.15, 0.2) is 108 Å². The SMILES string of the molecule is CCC(C)(CC)c1cnc(-c2[c-]ccc3c2oc2nc(-c4c(C(C)C)cccc4C(C)C)ccc23)cc1C.[Ir].[c-]1ccccc1-c1ccccn1. The fraction of sp³-hybridized carbons (Fsp3) is 0.283. The maximum absolute atomic E-state index is 6.50. The van der Waals surface area contributed by atoms with Crippen molar-refractivity contribution < 1.29 is 24.5 Å². The van der Waals surface area contributed by atoms with Crippen LogP contribution in [0.3, 0.4) is 0 Å². The third-order valence-corrected chi connectivity index (χ3v) is 10.2. The number of aryl methyl sites for hydroxylation is 1. The van der Waals surface area contributed by atoms with Crippen molar-refractivity contribution >= 4 is 22.1 Å². The van der Waals surface area contributed by atoms with Gasteiger partial charge in [0.05, 0.1) is 11.3 Å². The number of hydrogen-bond donors (Lipinski definition) is 0. The number of pyridine rings is 3. The molecule has 0 bridgehead atoms. The Labute approximate surface area is 317 Å². The fourth-order valence-electron chi connectivity index (χ4n) is 6.83. The van der Waals surface area contributed by atoms with E-state index in [0.29, 0.717) is 17.5 Å². The van der Waals surface area contributed by atoms with Gasteiger partial charge in [0.25, 0.3) is 0 Å². The molecule has 0 saturated carbocycles. The Kier molecular flexibility index (Phi) is 12.1. The smallest absolute Gasteiger partial charge is 0.216 e. The quantitative estimate of drug-likeness (QED) is 0.143. The van der Waals surface area contributed by atoms with E-state index in [9.17, 15) is 0 Å². The molecular formula is C46H47IrN3O-2. The maximum atomic E-state index is 6.50. The monoisotopic (exact) mass is 850 g/mol. The molecule has 263 valence electrons. The van der Waals surface area contributed by atoms with Gasteiger partial charge in [0, 0.05) is 43.4 Å². The van der Waals surface area contributed by atoms with Gasteiger partial charge in [-0.05, 0) is 83.3 Å². The molecule has 4 heterocycles. The van der Waals surface area contributed by atoms with E-state index in [2.05, 4.69) is 121 Å². The van der Waals surface area contributed by atoms with E-state index < -0.39 is 0 Å². The molecule has 0 atom stereocenters. The predicted molar refractivity (Wildman–Crippen MR) is 208 cm³/mol. The van der Waals surface area contributed by atoms with Crippen LogP contribution in [0, 0.1) is 19.1 Å². The molecule has 0 aliphatic heterocycles. The number of benzene rings is 3. The van der Waals surface area contributed by atoms with E-state index in [1.165, 1.54) is 27.8 Å². The van der Waals surface area contributed by atoms with Crippen molar-refractivity contribution in [1.82, 2.24) is 15.0 Å². The van der Waals surface area contributed by atoms with E-state index in [1.54, 1.807) is 6.20 Å².